The Bertz CT molecular complexity index is 651. The lowest BCUT2D eigenvalue weighted by atomic mass is 9.85. The first-order chi connectivity index (χ1) is 9.45. The number of rotatable bonds is 2. The standard InChI is InChI=1S/C17H18ClNO/c1-17(2)10-11-6-7-12(18)8-15(11)16(17)19-13-4-3-5-14(20)9-13/h3-9,16,19-20H,10H2,1-2H3. The van der Waals surface area contributed by atoms with Gasteiger partial charge in [-0.3, -0.25) is 0 Å². The molecular formula is C17H18ClNO. The van der Waals surface area contributed by atoms with Crippen LogP contribution in [0, 0.1) is 5.41 Å². The average molecular weight is 288 g/mol. The maximum atomic E-state index is 9.60. The van der Waals surface area contributed by atoms with Crippen LogP contribution in [0.4, 0.5) is 5.69 Å². The van der Waals surface area contributed by atoms with E-state index >= 15 is 0 Å². The van der Waals surface area contributed by atoms with Crippen LogP contribution in [-0.4, -0.2) is 5.11 Å². The Morgan fingerprint density at radius 2 is 2.00 bits per heavy atom. The van der Waals surface area contributed by atoms with Crippen LogP contribution in [0.5, 0.6) is 5.75 Å². The van der Waals surface area contributed by atoms with Crippen molar-refractivity contribution >= 4 is 17.3 Å². The number of benzene rings is 2. The van der Waals surface area contributed by atoms with Crippen LogP contribution >= 0.6 is 11.6 Å². The monoisotopic (exact) mass is 287 g/mol. The first-order valence-corrected chi connectivity index (χ1v) is 7.17. The summed E-state index contributed by atoms with van der Waals surface area (Å²) >= 11 is 6.14. The first kappa shape index (κ1) is 13.3. The fourth-order valence-corrected chi connectivity index (χ4v) is 3.23. The molecule has 104 valence electrons. The van der Waals surface area contributed by atoms with Crippen LogP contribution in [0.2, 0.25) is 5.02 Å². The van der Waals surface area contributed by atoms with Crippen molar-refractivity contribution in [2.75, 3.05) is 5.32 Å². The molecule has 0 spiro atoms. The van der Waals surface area contributed by atoms with Crippen molar-refractivity contribution in [1.29, 1.82) is 0 Å². The number of fused-ring (bicyclic) bond motifs is 1. The molecule has 2 N–H and O–H groups in total. The Hall–Kier alpha value is -1.67. The van der Waals surface area contributed by atoms with Crippen molar-refractivity contribution in [3.63, 3.8) is 0 Å². The lowest BCUT2D eigenvalue weighted by Gasteiger charge is -2.29. The minimum atomic E-state index is 0.110. The summed E-state index contributed by atoms with van der Waals surface area (Å²) in [5.74, 6) is 0.275. The van der Waals surface area contributed by atoms with Gasteiger partial charge in [0.1, 0.15) is 5.75 Å². The Kier molecular flexibility index (Phi) is 3.14. The van der Waals surface area contributed by atoms with E-state index in [2.05, 4.69) is 25.2 Å². The van der Waals surface area contributed by atoms with E-state index in [9.17, 15) is 5.11 Å². The zero-order valence-corrected chi connectivity index (χ0v) is 12.4. The van der Waals surface area contributed by atoms with E-state index in [1.54, 1.807) is 12.1 Å². The molecule has 3 rings (SSSR count). The lowest BCUT2D eigenvalue weighted by Crippen LogP contribution is -2.24. The molecule has 0 radical (unpaired) electrons. The summed E-state index contributed by atoms with van der Waals surface area (Å²) in [4.78, 5) is 0. The highest BCUT2D eigenvalue weighted by molar-refractivity contribution is 6.30. The summed E-state index contributed by atoms with van der Waals surface area (Å²) < 4.78 is 0. The molecular weight excluding hydrogens is 270 g/mol. The van der Waals surface area contributed by atoms with E-state index < -0.39 is 0 Å². The minimum Gasteiger partial charge on any atom is -0.508 e. The van der Waals surface area contributed by atoms with Gasteiger partial charge in [-0.25, -0.2) is 0 Å². The van der Waals surface area contributed by atoms with E-state index in [1.165, 1.54) is 11.1 Å². The lowest BCUT2D eigenvalue weighted by molar-refractivity contribution is 0.337. The molecule has 0 heterocycles. The van der Waals surface area contributed by atoms with Crippen LogP contribution < -0.4 is 5.32 Å². The number of hydrogen-bond donors (Lipinski definition) is 2. The Morgan fingerprint density at radius 3 is 2.75 bits per heavy atom. The number of anilines is 1. The average Bonchev–Trinajstić information content (AvgIpc) is 2.61. The number of hydrogen-bond acceptors (Lipinski definition) is 2. The number of phenolic OH excluding ortho intramolecular Hbond substituents is 1. The molecule has 20 heavy (non-hydrogen) atoms. The molecule has 0 aromatic heterocycles. The summed E-state index contributed by atoms with van der Waals surface area (Å²) in [7, 11) is 0. The third-order valence-corrected chi connectivity index (χ3v) is 4.24. The van der Waals surface area contributed by atoms with Crippen molar-refractivity contribution in [3.05, 3.63) is 58.6 Å². The van der Waals surface area contributed by atoms with Gasteiger partial charge in [0.2, 0.25) is 0 Å². The molecule has 0 saturated heterocycles. The van der Waals surface area contributed by atoms with Gasteiger partial charge in [-0.2, -0.15) is 0 Å². The second-order valence-corrected chi connectivity index (χ2v) is 6.57. The molecule has 0 saturated carbocycles. The highest BCUT2D eigenvalue weighted by atomic mass is 35.5. The third-order valence-electron chi connectivity index (χ3n) is 4.00. The number of aromatic hydroxyl groups is 1. The Balaban J connectivity index is 1.98. The van der Waals surface area contributed by atoms with Crippen LogP contribution in [-0.2, 0) is 6.42 Å². The highest BCUT2D eigenvalue weighted by Gasteiger charge is 2.38. The van der Waals surface area contributed by atoms with E-state index in [0.29, 0.717) is 0 Å². The normalized spacial score (nSPS) is 19.6. The second-order valence-electron chi connectivity index (χ2n) is 6.14. The van der Waals surface area contributed by atoms with Gasteiger partial charge < -0.3 is 10.4 Å². The third kappa shape index (κ3) is 2.36. The van der Waals surface area contributed by atoms with Gasteiger partial charge in [0.25, 0.3) is 0 Å². The fraction of sp³-hybridized carbons (Fsp3) is 0.294. The molecule has 1 atom stereocenters. The van der Waals surface area contributed by atoms with Gasteiger partial charge >= 0.3 is 0 Å². The van der Waals surface area contributed by atoms with Gasteiger partial charge in [0.15, 0.2) is 0 Å². The van der Waals surface area contributed by atoms with Crippen molar-refractivity contribution in [1.82, 2.24) is 0 Å². The van der Waals surface area contributed by atoms with Crippen LogP contribution in [0.1, 0.15) is 31.0 Å². The van der Waals surface area contributed by atoms with Crippen molar-refractivity contribution < 1.29 is 5.11 Å². The van der Waals surface area contributed by atoms with Gasteiger partial charge in [-0.1, -0.05) is 37.6 Å². The molecule has 2 nitrogen and oxygen atoms in total. The van der Waals surface area contributed by atoms with E-state index in [1.807, 2.05) is 24.3 Å². The SMILES string of the molecule is CC1(C)Cc2ccc(Cl)cc2C1Nc1cccc(O)c1. The predicted molar refractivity (Wildman–Crippen MR) is 83.4 cm³/mol. The molecule has 1 aliphatic rings. The van der Waals surface area contributed by atoms with Crippen LogP contribution in [0.25, 0.3) is 0 Å². The maximum absolute atomic E-state index is 9.60. The Labute approximate surface area is 124 Å². The minimum absolute atomic E-state index is 0.110. The molecule has 2 aromatic rings. The van der Waals surface area contributed by atoms with Crippen molar-refractivity contribution in [3.8, 4) is 5.75 Å². The van der Waals surface area contributed by atoms with E-state index in [0.717, 1.165) is 17.1 Å². The second kappa shape index (κ2) is 4.71. The zero-order chi connectivity index (χ0) is 14.3. The molecule has 0 bridgehead atoms. The van der Waals surface area contributed by atoms with Gasteiger partial charge in [-0.15, -0.1) is 0 Å². The molecule has 1 aliphatic carbocycles. The predicted octanol–water partition coefficient (Wildman–Crippen LogP) is 4.78. The molecule has 0 fully saturated rings. The topological polar surface area (TPSA) is 32.3 Å². The Morgan fingerprint density at radius 1 is 1.20 bits per heavy atom. The first-order valence-electron chi connectivity index (χ1n) is 6.80. The van der Waals surface area contributed by atoms with Gasteiger partial charge in [0, 0.05) is 16.8 Å². The number of phenols is 1. The summed E-state index contributed by atoms with van der Waals surface area (Å²) in [6.07, 6.45) is 1.02. The largest absolute Gasteiger partial charge is 0.508 e. The number of halogens is 1. The molecule has 0 amide bonds. The van der Waals surface area contributed by atoms with Crippen LogP contribution in [0.3, 0.4) is 0 Å². The molecule has 2 aromatic carbocycles. The summed E-state index contributed by atoms with van der Waals surface area (Å²) in [5.41, 5.74) is 3.64. The molecule has 1 unspecified atom stereocenters. The number of nitrogens with one attached hydrogen (secondary N) is 1. The van der Waals surface area contributed by atoms with Gasteiger partial charge in [0.05, 0.1) is 6.04 Å². The van der Waals surface area contributed by atoms with E-state index in [4.69, 9.17) is 11.6 Å². The van der Waals surface area contributed by atoms with Crippen molar-refractivity contribution in [2.45, 2.75) is 26.3 Å². The molecule has 3 heteroatoms. The quantitative estimate of drug-likeness (QED) is 0.833. The summed E-state index contributed by atoms with van der Waals surface area (Å²) in [5, 5.41) is 13.9. The van der Waals surface area contributed by atoms with E-state index in [-0.39, 0.29) is 17.2 Å². The molecule has 0 aliphatic heterocycles. The fourth-order valence-electron chi connectivity index (χ4n) is 3.04. The zero-order valence-electron chi connectivity index (χ0n) is 11.7. The highest BCUT2D eigenvalue weighted by Crippen LogP contribution is 2.47. The smallest absolute Gasteiger partial charge is 0.117 e. The van der Waals surface area contributed by atoms with Crippen molar-refractivity contribution in [2.24, 2.45) is 5.41 Å². The summed E-state index contributed by atoms with van der Waals surface area (Å²) in [6.45, 7) is 4.50. The van der Waals surface area contributed by atoms with Crippen LogP contribution in [0.15, 0.2) is 42.5 Å². The van der Waals surface area contributed by atoms with Gasteiger partial charge in [-0.05, 0) is 47.2 Å². The summed E-state index contributed by atoms with van der Waals surface area (Å²) in [6, 6.07) is 13.5. The maximum Gasteiger partial charge on any atom is 0.117 e.